The van der Waals surface area contributed by atoms with E-state index in [0.717, 1.165) is 37.0 Å². The van der Waals surface area contributed by atoms with Gasteiger partial charge in [-0.15, -0.1) is 0 Å². The Morgan fingerprint density at radius 2 is 1.80 bits per heavy atom. The van der Waals surface area contributed by atoms with E-state index in [9.17, 15) is 13.2 Å². The van der Waals surface area contributed by atoms with Crippen LogP contribution in [0, 0.1) is 0 Å². The highest BCUT2D eigenvalue weighted by Crippen LogP contribution is 2.30. The summed E-state index contributed by atoms with van der Waals surface area (Å²) in [6, 6.07) is 12.4. The summed E-state index contributed by atoms with van der Waals surface area (Å²) in [6.07, 6.45) is 7.54. The van der Waals surface area contributed by atoms with Crippen molar-refractivity contribution in [3.8, 4) is 0 Å². The Hall–Kier alpha value is -2.71. The molecular formula is C22H24N4O3S. The highest BCUT2D eigenvalue weighted by molar-refractivity contribution is 7.89. The summed E-state index contributed by atoms with van der Waals surface area (Å²) < 4.78 is 29.0. The van der Waals surface area contributed by atoms with Crippen LogP contribution in [0.25, 0.3) is 5.65 Å². The van der Waals surface area contributed by atoms with E-state index < -0.39 is 10.0 Å². The quantitative estimate of drug-likeness (QED) is 0.610. The number of carbonyl (C=O) groups is 1. The van der Waals surface area contributed by atoms with Gasteiger partial charge in [0, 0.05) is 30.9 Å². The SMILES string of the molecule is O=C(c1ccc(S(=O)(=O)N2CCCC2)cc1)N(Cc1cnc2ccccn12)C1CC1. The van der Waals surface area contributed by atoms with Gasteiger partial charge in [0.05, 0.1) is 23.3 Å². The molecule has 1 saturated carbocycles. The fraction of sp³-hybridized carbons (Fsp3) is 0.364. The van der Waals surface area contributed by atoms with Crippen molar-refractivity contribution in [3.05, 3.63) is 66.1 Å². The molecule has 3 aromatic rings. The van der Waals surface area contributed by atoms with Gasteiger partial charge in [-0.05, 0) is 62.1 Å². The Bertz CT molecular complexity index is 1180. The number of sulfonamides is 1. The minimum Gasteiger partial charge on any atom is -0.330 e. The lowest BCUT2D eigenvalue weighted by Gasteiger charge is -2.22. The van der Waals surface area contributed by atoms with E-state index in [4.69, 9.17) is 0 Å². The van der Waals surface area contributed by atoms with Crippen molar-refractivity contribution >= 4 is 21.6 Å². The highest BCUT2D eigenvalue weighted by Gasteiger charge is 2.34. The lowest BCUT2D eigenvalue weighted by molar-refractivity contribution is 0.0727. The topological polar surface area (TPSA) is 75.0 Å². The van der Waals surface area contributed by atoms with E-state index in [2.05, 4.69) is 4.98 Å². The second kappa shape index (κ2) is 7.52. The van der Waals surface area contributed by atoms with E-state index in [1.54, 1.807) is 24.3 Å². The second-order valence-corrected chi connectivity index (χ2v) is 9.92. The van der Waals surface area contributed by atoms with Gasteiger partial charge in [-0.25, -0.2) is 13.4 Å². The van der Waals surface area contributed by atoms with Gasteiger partial charge in [0.15, 0.2) is 0 Å². The van der Waals surface area contributed by atoms with Crippen molar-refractivity contribution in [3.63, 3.8) is 0 Å². The number of fused-ring (bicyclic) bond motifs is 1. The molecule has 2 fully saturated rings. The number of nitrogens with zero attached hydrogens (tertiary/aromatic N) is 4. The molecule has 1 amide bonds. The van der Waals surface area contributed by atoms with Crippen LogP contribution in [0.4, 0.5) is 0 Å². The molecule has 8 heteroatoms. The minimum absolute atomic E-state index is 0.0755. The first-order chi connectivity index (χ1) is 14.5. The van der Waals surface area contributed by atoms with Crippen molar-refractivity contribution in [2.45, 2.75) is 43.2 Å². The molecule has 5 rings (SSSR count). The van der Waals surface area contributed by atoms with Gasteiger partial charge in [-0.2, -0.15) is 4.31 Å². The summed E-state index contributed by atoms with van der Waals surface area (Å²) in [5, 5.41) is 0. The third-order valence-corrected chi connectivity index (χ3v) is 7.79. The largest absolute Gasteiger partial charge is 0.330 e. The van der Waals surface area contributed by atoms with E-state index in [1.165, 1.54) is 4.31 Å². The van der Waals surface area contributed by atoms with Gasteiger partial charge in [0.1, 0.15) is 5.65 Å². The standard InChI is InChI=1S/C22H24N4O3S/c27-22(17-6-10-20(11-7-17)30(28,29)24-12-3-4-13-24)26(18-8-9-18)16-19-15-23-21-5-1-2-14-25(19)21/h1-2,5-7,10-11,14-15,18H,3-4,8-9,12-13,16H2. The Morgan fingerprint density at radius 1 is 1.07 bits per heavy atom. The van der Waals surface area contributed by atoms with Crippen molar-refractivity contribution < 1.29 is 13.2 Å². The molecule has 2 aromatic heterocycles. The van der Waals surface area contributed by atoms with E-state index in [0.29, 0.717) is 25.2 Å². The number of carbonyl (C=O) groups excluding carboxylic acids is 1. The van der Waals surface area contributed by atoms with Crippen LogP contribution < -0.4 is 0 Å². The molecule has 0 unspecified atom stereocenters. The summed E-state index contributed by atoms with van der Waals surface area (Å²) in [7, 11) is -3.47. The highest BCUT2D eigenvalue weighted by atomic mass is 32.2. The molecule has 0 atom stereocenters. The molecule has 30 heavy (non-hydrogen) atoms. The Morgan fingerprint density at radius 3 is 2.50 bits per heavy atom. The van der Waals surface area contributed by atoms with Crippen LogP contribution in [-0.2, 0) is 16.6 Å². The molecule has 1 saturated heterocycles. The molecule has 0 radical (unpaired) electrons. The average Bonchev–Trinajstić information content (AvgIpc) is 3.28. The second-order valence-electron chi connectivity index (χ2n) is 7.98. The molecule has 1 aliphatic heterocycles. The zero-order valence-corrected chi connectivity index (χ0v) is 17.5. The summed E-state index contributed by atoms with van der Waals surface area (Å²) >= 11 is 0. The third-order valence-electron chi connectivity index (χ3n) is 5.88. The summed E-state index contributed by atoms with van der Waals surface area (Å²) in [5.41, 5.74) is 2.32. The van der Waals surface area contributed by atoms with Crippen LogP contribution in [0.1, 0.15) is 41.7 Å². The average molecular weight is 425 g/mol. The number of imidazole rings is 1. The van der Waals surface area contributed by atoms with E-state index in [1.807, 2.05) is 39.9 Å². The summed E-state index contributed by atoms with van der Waals surface area (Å²) in [5.74, 6) is -0.0755. The zero-order valence-electron chi connectivity index (χ0n) is 16.6. The molecular weight excluding hydrogens is 400 g/mol. The molecule has 0 bridgehead atoms. The van der Waals surface area contributed by atoms with Crippen LogP contribution in [0.5, 0.6) is 0 Å². The van der Waals surface area contributed by atoms with Crippen molar-refractivity contribution in [2.75, 3.05) is 13.1 Å². The fourth-order valence-electron chi connectivity index (χ4n) is 4.04. The molecule has 156 valence electrons. The normalized spacial score (nSPS) is 17.5. The molecule has 3 heterocycles. The molecule has 7 nitrogen and oxygen atoms in total. The number of rotatable bonds is 6. The number of pyridine rings is 1. The third kappa shape index (κ3) is 3.50. The summed E-state index contributed by atoms with van der Waals surface area (Å²) in [6.45, 7) is 1.61. The maximum atomic E-state index is 13.2. The monoisotopic (exact) mass is 424 g/mol. The fourth-order valence-corrected chi connectivity index (χ4v) is 5.56. The lowest BCUT2D eigenvalue weighted by Crippen LogP contribution is -2.33. The van der Waals surface area contributed by atoms with E-state index >= 15 is 0 Å². The Balaban J connectivity index is 1.38. The number of hydrogen-bond donors (Lipinski definition) is 0. The van der Waals surface area contributed by atoms with Crippen LogP contribution >= 0.6 is 0 Å². The first-order valence-electron chi connectivity index (χ1n) is 10.4. The number of benzene rings is 1. The van der Waals surface area contributed by atoms with Gasteiger partial charge in [0.2, 0.25) is 10.0 Å². The van der Waals surface area contributed by atoms with Gasteiger partial charge in [-0.1, -0.05) is 6.07 Å². The van der Waals surface area contributed by atoms with Crippen molar-refractivity contribution in [1.82, 2.24) is 18.6 Å². The first kappa shape index (κ1) is 19.3. The zero-order chi connectivity index (χ0) is 20.7. The number of aromatic nitrogens is 2. The van der Waals surface area contributed by atoms with Crippen LogP contribution in [0.2, 0.25) is 0 Å². The van der Waals surface area contributed by atoms with Crippen molar-refractivity contribution in [1.29, 1.82) is 0 Å². The minimum atomic E-state index is -3.47. The van der Waals surface area contributed by atoms with Gasteiger partial charge in [0.25, 0.3) is 5.91 Å². The van der Waals surface area contributed by atoms with Crippen LogP contribution in [0.3, 0.4) is 0 Å². The number of hydrogen-bond acceptors (Lipinski definition) is 4. The molecule has 1 aliphatic carbocycles. The Kier molecular flexibility index (Phi) is 4.83. The molecule has 1 aromatic carbocycles. The maximum absolute atomic E-state index is 13.2. The molecule has 0 N–H and O–H groups in total. The Labute approximate surface area is 176 Å². The van der Waals surface area contributed by atoms with Gasteiger partial charge < -0.3 is 9.30 Å². The predicted molar refractivity (Wildman–Crippen MR) is 113 cm³/mol. The lowest BCUT2D eigenvalue weighted by atomic mass is 10.2. The van der Waals surface area contributed by atoms with Crippen LogP contribution in [0.15, 0.2) is 59.8 Å². The first-order valence-corrected chi connectivity index (χ1v) is 11.8. The van der Waals surface area contributed by atoms with Crippen molar-refractivity contribution in [2.24, 2.45) is 0 Å². The van der Waals surface area contributed by atoms with E-state index in [-0.39, 0.29) is 16.8 Å². The molecule has 0 spiro atoms. The van der Waals surface area contributed by atoms with Gasteiger partial charge >= 0.3 is 0 Å². The summed E-state index contributed by atoms with van der Waals surface area (Å²) in [4.78, 5) is 19.8. The smallest absolute Gasteiger partial charge is 0.254 e. The molecule has 2 aliphatic rings. The van der Waals surface area contributed by atoms with Crippen LogP contribution in [-0.4, -0.2) is 52.0 Å². The maximum Gasteiger partial charge on any atom is 0.254 e. The predicted octanol–water partition coefficient (Wildman–Crippen LogP) is 2.92. The van der Waals surface area contributed by atoms with Gasteiger partial charge in [-0.3, -0.25) is 4.79 Å². The number of amides is 1.